The number of benzene rings is 1. The summed E-state index contributed by atoms with van der Waals surface area (Å²) in [6.07, 6.45) is 3.47. The summed E-state index contributed by atoms with van der Waals surface area (Å²) < 4.78 is 11.5. The molecule has 24 heavy (non-hydrogen) atoms. The Balaban J connectivity index is 1.72. The van der Waals surface area contributed by atoms with E-state index in [2.05, 4.69) is 33.2 Å². The lowest BCUT2D eigenvalue weighted by Gasteiger charge is -2.14. The summed E-state index contributed by atoms with van der Waals surface area (Å²) in [6, 6.07) is 8.49. The smallest absolute Gasteiger partial charge is 0.291 e. The van der Waals surface area contributed by atoms with Gasteiger partial charge in [-0.15, -0.1) is 0 Å². The summed E-state index contributed by atoms with van der Waals surface area (Å²) in [6.45, 7) is 1.21. The van der Waals surface area contributed by atoms with Gasteiger partial charge in [-0.05, 0) is 65.8 Å². The van der Waals surface area contributed by atoms with Crippen LogP contribution in [0, 0.1) is 3.57 Å². The quantitative estimate of drug-likeness (QED) is 0.701. The van der Waals surface area contributed by atoms with Crippen LogP contribution >= 0.6 is 22.6 Å². The Labute approximate surface area is 153 Å². The van der Waals surface area contributed by atoms with Crippen LogP contribution in [0.2, 0.25) is 0 Å². The Morgan fingerprint density at radius 1 is 1.25 bits per heavy atom. The van der Waals surface area contributed by atoms with E-state index < -0.39 is 5.91 Å². The lowest BCUT2D eigenvalue weighted by atomic mass is 10.1. The van der Waals surface area contributed by atoms with Crippen LogP contribution in [0.1, 0.15) is 33.8 Å². The largest absolute Gasteiger partial charge is 0.459 e. The van der Waals surface area contributed by atoms with Crippen molar-refractivity contribution in [3.63, 3.8) is 0 Å². The molecule has 126 valence electrons. The minimum Gasteiger partial charge on any atom is -0.459 e. The fourth-order valence-corrected chi connectivity index (χ4v) is 3.00. The average Bonchev–Trinajstić information content (AvgIpc) is 3.27. The van der Waals surface area contributed by atoms with Crippen molar-refractivity contribution >= 4 is 40.1 Å². The summed E-state index contributed by atoms with van der Waals surface area (Å²) in [5.41, 5.74) is 0.862. The van der Waals surface area contributed by atoms with E-state index in [4.69, 9.17) is 9.15 Å². The fourth-order valence-electron chi connectivity index (χ4n) is 2.51. The highest BCUT2D eigenvalue weighted by Crippen LogP contribution is 2.20. The highest BCUT2D eigenvalue weighted by atomic mass is 127. The summed E-state index contributed by atoms with van der Waals surface area (Å²) in [7, 11) is 0. The number of hydrogen-bond acceptors (Lipinski definition) is 4. The predicted octanol–water partition coefficient (Wildman–Crippen LogP) is 3.05. The number of nitrogens with one attached hydrogen (secondary N) is 2. The first kappa shape index (κ1) is 17.0. The van der Waals surface area contributed by atoms with Crippen molar-refractivity contribution in [1.82, 2.24) is 5.32 Å². The molecule has 1 fully saturated rings. The Kier molecular flexibility index (Phi) is 5.52. The van der Waals surface area contributed by atoms with Gasteiger partial charge in [-0.1, -0.05) is 0 Å². The van der Waals surface area contributed by atoms with Crippen LogP contribution in [0.4, 0.5) is 5.69 Å². The SMILES string of the molecule is O=C(Nc1ccc(I)cc1C(=O)NCC1CCCO1)c1ccco1. The number of amides is 2. The minimum absolute atomic E-state index is 0.0675. The zero-order valence-electron chi connectivity index (χ0n) is 12.9. The maximum Gasteiger partial charge on any atom is 0.291 e. The summed E-state index contributed by atoms with van der Waals surface area (Å²) in [5, 5.41) is 5.60. The van der Waals surface area contributed by atoms with E-state index in [9.17, 15) is 9.59 Å². The molecule has 1 unspecified atom stereocenters. The van der Waals surface area contributed by atoms with E-state index in [1.54, 1.807) is 24.3 Å². The van der Waals surface area contributed by atoms with Gasteiger partial charge in [0, 0.05) is 16.7 Å². The van der Waals surface area contributed by atoms with Gasteiger partial charge in [0.2, 0.25) is 0 Å². The van der Waals surface area contributed by atoms with Crippen LogP contribution in [0.3, 0.4) is 0 Å². The summed E-state index contributed by atoms with van der Waals surface area (Å²) >= 11 is 2.13. The van der Waals surface area contributed by atoms with E-state index in [-0.39, 0.29) is 17.8 Å². The molecule has 1 aliphatic rings. The zero-order valence-corrected chi connectivity index (χ0v) is 15.0. The van der Waals surface area contributed by atoms with Crippen LogP contribution in [0.15, 0.2) is 41.0 Å². The third-order valence-electron chi connectivity index (χ3n) is 3.73. The predicted molar refractivity (Wildman–Crippen MR) is 97.1 cm³/mol. The van der Waals surface area contributed by atoms with E-state index in [0.717, 1.165) is 23.0 Å². The van der Waals surface area contributed by atoms with Crippen LogP contribution < -0.4 is 10.6 Å². The van der Waals surface area contributed by atoms with Crippen molar-refractivity contribution in [3.8, 4) is 0 Å². The van der Waals surface area contributed by atoms with Gasteiger partial charge in [0.1, 0.15) is 0 Å². The van der Waals surface area contributed by atoms with E-state index in [0.29, 0.717) is 17.8 Å². The third kappa shape index (κ3) is 4.15. The minimum atomic E-state index is -0.394. The summed E-state index contributed by atoms with van der Waals surface area (Å²) in [4.78, 5) is 24.6. The van der Waals surface area contributed by atoms with Gasteiger partial charge < -0.3 is 19.8 Å². The Morgan fingerprint density at radius 2 is 2.12 bits per heavy atom. The van der Waals surface area contributed by atoms with Crippen molar-refractivity contribution in [1.29, 1.82) is 0 Å². The molecular formula is C17H17IN2O4. The lowest BCUT2D eigenvalue weighted by molar-refractivity contribution is 0.0858. The Morgan fingerprint density at radius 3 is 2.83 bits per heavy atom. The van der Waals surface area contributed by atoms with Gasteiger partial charge in [-0.25, -0.2) is 0 Å². The fraction of sp³-hybridized carbons (Fsp3) is 0.294. The van der Waals surface area contributed by atoms with Crippen LogP contribution in [-0.4, -0.2) is 31.1 Å². The van der Waals surface area contributed by atoms with E-state index >= 15 is 0 Å². The van der Waals surface area contributed by atoms with Gasteiger partial charge in [0.15, 0.2) is 5.76 Å². The Bertz CT molecular complexity index is 724. The zero-order chi connectivity index (χ0) is 16.9. The molecule has 7 heteroatoms. The molecule has 1 aromatic carbocycles. The first-order chi connectivity index (χ1) is 11.6. The molecule has 0 saturated carbocycles. The molecule has 3 rings (SSSR count). The lowest BCUT2D eigenvalue weighted by Crippen LogP contribution is -2.32. The molecule has 2 aromatic rings. The van der Waals surface area contributed by atoms with Gasteiger partial charge >= 0.3 is 0 Å². The molecule has 2 N–H and O–H groups in total. The maximum absolute atomic E-state index is 12.5. The number of carbonyl (C=O) groups is 2. The van der Waals surface area contributed by atoms with Gasteiger partial charge in [-0.2, -0.15) is 0 Å². The number of rotatable bonds is 5. The van der Waals surface area contributed by atoms with Crippen molar-refractivity contribution in [2.24, 2.45) is 0 Å². The summed E-state index contributed by atoms with van der Waals surface area (Å²) in [5.74, 6) is -0.438. The maximum atomic E-state index is 12.5. The first-order valence-electron chi connectivity index (χ1n) is 7.67. The monoisotopic (exact) mass is 440 g/mol. The second-order valence-electron chi connectivity index (χ2n) is 5.47. The molecular weight excluding hydrogens is 423 g/mol. The molecule has 0 bridgehead atoms. The number of ether oxygens (including phenoxy) is 1. The number of furan rings is 1. The second kappa shape index (κ2) is 7.80. The molecule has 0 aliphatic carbocycles. The molecule has 1 aromatic heterocycles. The normalized spacial score (nSPS) is 16.8. The third-order valence-corrected chi connectivity index (χ3v) is 4.40. The first-order valence-corrected chi connectivity index (χ1v) is 8.75. The molecule has 2 amide bonds. The van der Waals surface area contributed by atoms with Crippen molar-refractivity contribution in [2.75, 3.05) is 18.5 Å². The number of anilines is 1. The molecule has 0 radical (unpaired) electrons. The van der Waals surface area contributed by atoms with Gasteiger partial charge in [0.25, 0.3) is 11.8 Å². The van der Waals surface area contributed by atoms with Crippen molar-refractivity contribution in [2.45, 2.75) is 18.9 Å². The average molecular weight is 440 g/mol. The molecule has 1 aliphatic heterocycles. The van der Waals surface area contributed by atoms with Crippen molar-refractivity contribution in [3.05, 3.63) is 51.5 Å². The number of halogens is 1. The molecule has 6 nitrogen and oxygen atoms in total. The number of hydrogen-bond donors (Lipinski definition) is 2. The molecule has 1 atom stereocenters. The standard InChI is InChI=1S/C17H17IN2O4/c18-11-5-6-14(20-17(22)15-4-2-8-24-15)13(9-11)16(21)19-10-12-3-1-7-23-12/h2,4-6,8-9,12H,1,3,7,10H2,(H,19,21)(H,20,22). The topological polar surface area (TPSA) is 80.6 Å². The van der Waals surface area contributed by atoms with Crippen LogP contribution in [0.5, 0.6) is 0 Å². The highest BCUT2D eigenvalue weighted by molar-refractivity contribution is 14.1. The van der Waals surface area contributed by atoms with Gasteiger partial charge in [0.05, 0.1) is 23.6 Å². The second-order valence-corrected chi connectivity index (χ2v) is 6.71. The van der Waals surface area contributed by atoms with Crippen LogP contribution in [-0.2, 0) is 4.74 Å². The van der Waals surface area contributed by atoms with Crippen LogP contribution in [0.25, 0.3) is 0 Å². The Hall–Kier alpha value is -1.87. The van der Waals surface area contributed by atoms with Crippen molar-refractivity contribution < 1.29 is 18.7 Å². The van der Waals surface area contributed by atoms with E-state index in [1.807, 2.05) is 6.07 Å². The molecule has 0 spiro atoms. The highest BCUT2D eigenvalue weighted by Gasteiger charge is 2.19. The number of carbonyl (C=O) groups excluding carboxylic acids is 2. The molecule has 1 saturated heterocycles. The van der Waals surface area contributed by atoms with Gasteiger partial charge in [-0.3, -0.25) is 9.59 Å². The molecule has 2 heterocycles. The van der Waals surface area contributed by atoms with E-state index in [1.165, 1.54) is 6.26 Å².